The molecule has 0 saturated heterocycles. The fourth-order valence-corrected chi connectivity index (χ4v) is 1.60. The minimum atomic E-state index is -0.735. The van der Waals surface area contributed by atoms with Crippen molar-refractivity contribution in [3.8, 4) is 0 Å². The first kappa shape index (κ1) is 14.4. The van der Waals surface area contributed by atoms with Gasteiger partial charge in [0.15, 0.2) is 0 Å². The average molecular weight is 216 g/mol. The zero-order valence-electron chi connectivity index (χ0n) is 10.2. The van der Waals surface area contributed by atoms with E-state index in [-0.39, 0.29) is 5.92 Å². The molecule has 0 aromatic carbocycles. The third kappa shape index (κ3) is 8.43. The van der Waals surface area contributed by atoms with Gasteiger partial charge in [0.1, 0.15) is 0 Å². The van der Waals surface area contributed by atoms with Crippen LogP contribution in [-0.4, -0.2) is 24.8 Å². The van der Waals surface area contributed by atoms with Crippen LogP contribution in [0.2, 0.25) is 0 Å². The lowest BCUT2D eigenvalue weighted by Crippen LogP contribution is -2.18. The highest BCUT2D eigenvalue weighted by Crippen LogP contribution is 2.14. The molecule has 0 aromatic rings. The summed E-state index contributed by atoms with van der Waals surface area (Å²) in [5, 5.41) is 8.87. The fourth-order valence-electron chi connectivity index (χ4n) is 1.60. The highest BCUT2D eigenvalue weighted by molar-refractivity contribution is 5.70. The van der Waals surface area contributed by atoms with Gasteiger partial charge in [-0.05, 0) is 12.3 Å². The normalized spacial score (nSPS) is 13.1. The summed E-state index contributed by atoms with van der Waals surface area (Å²) in [6.45, 7) is 4.76. The summed E-state index contributed by atoms with van der Waals surface area (Å²) in [5.74, 6) is -0.311. The van der Waals surface area contributed by atoms with E-state index in [9.17, 15) is 4.79 Å². The van der Waals surface area contributed by atoms with Gasteiger partial charge in [-0.1, -0.05) is 39.5 Å². The molecule has 3 heteroatoms. The molecule has 1 unspecified atom stereocenters. The lowest BCUT2D eigenvalue weighted by atomic mass is 9.99. The molecule has 15 heavy (non-hydrogen) atoms. The highest BCUT2D eigenvalue weighted by atomic mass is 16.5. The summed E-state index contributed by atoms with van der Waals surface area (Å²) in [7, 11) is 1.55. The fraction of sp³-hybridized carbons (Fsp3) is 0.917. The zero-order chi connectivity index (χ0) is 11.7. The van der Waals surface area contributed by atoms with Gasteiger partial charge in [0, 0.05) is 7.11 Å². The molecule has 90 valence electrons. The molecule has 0 heterocycles. The van der Waals surface area contributed by atoms with Crippen LogP contribution in [0, 0.1) is 11.8 Å². The van der Waals surface area contributed by atoms with Crippen molar-refractivity contribution < 1.29 is 14.6 Å². The maximum atomic E-state index is 10.8. The Labute approximate surface area is 92.8 Å². The minimum absolute atomic E-state index is 0.325. The molecule has 3 nitrogen and oxygen atoms in total. The van der Waals surface area contributed by atoms with Crippen LogP contribution in [0.5, 0.6) is 0 Å². The molecule has 0 aliphatic carbocycles. The zero-order valence-corrected chi connectivity index (χ0v) is 10.2. The summed E-state index contributed by atoms with van der Waals surface area (Å²) in [6, 6.07) is 0. The van der Waals surface area contributed by atoms with E-state index in [1.165, 1.54) is 12.8 Å². The van der Waals surface area contributed by atoms with Crippen LogP contribution in [0.25, 0.3) is 0 Å². The molecule has 0 aliphatic heterocycles. The Hall–Kier alpha value is -0.570. The first-order chi connectivity index (χ1) is 7.07. The number of hydrogen-bond donors (Lipinski definition) is 1. The average Bonchev–Trinajstić information content (AvgIpc) is 2.15. The van der Waals surface area contributed by atoms with Crippen LogP contribution in [0.4, 0.5) is 0 Å². The van der Waals surface area contributed by atoms with E-state index in [2.05, 4.69) is 13.8 Å². The van der Waals surface area contributed by atoms with E-state index in [4.69, 9.17) is 9.84 Å². The molecule has 0 aliphatic rings. The summed E-state index contributed by atoms with van der Waals surface area (Å²) in [6.07, 6.45) is 5.30. The SMILES string of the molecule is COCC(CCCCCC(C)C)C(=O)O. The largest absolute Gasteiger partial charge is 0.481 e. The molecule has 0 rings (SSSR count). The third-order valence-corrected chi connectivity index (χ3v) is 2.55. The van der Waals surface area contributed by atoms with Gasteiger partial charge in [0.2, 0.25) is 0 Å². The Balaban J connectivity index is 3.49. The summed E-state index contributed by atoms with van der Waals surface area (Å²) in [5.41, 5.74) is 0. The summed E-state index contributed by atoms with van der Waals surface area (Å²) < 4.78 is 4.88. The van der Waals surface area contributed by atoms with Crippen molar-refractivity contribution in [2.24, 2.45) is 11.8 Å². The number of rotatable bonds is 9. The second-order valence-corrected chi connectivity index (χ2v) is 4.52. The van der Waals surface area contributed by atoms with E-state index in [1.54, 1.807) is 7.11 Å². The number of carboxylic acid groups (broad SMARTS) is 1. The van der Waals surface area contributed by atoms with Crippen LogP contribution in [0.1, 0.15) is 46.0 Å². The number of carbonyl (C=O) groups is 1. The predicted molar refractivity (Wildman–Crippen MR) is 60.9 cm³/mol. The van der Waals surface area contributed by atoms with Crippen molar-refractivity contribution in [1.29, 1.82) is 0 Å². The number of unbranched alkanes of at least 4 members (excludes halogenated alkanes) is 2. The predicted octanol–water partition coefficient (Wildman–Crippen LogP) is 2.94. The number of aliphatic carboxylic acids is 1. The second-order valence-electron chi connectivity index (χ2n) is 4.52. The number of carboxylic acids is 1. The Kier molecular flexibility index (Phi) is 8.38. The molecule has 0 radical (unpaired) electrons. The minimum Gasteiger partial charge on any atom is -0.481 e. The molecule has 0 amide bonds. The van der Waals surface area contributed by atoms with Crippen molar-refractivity contribution in [2.75, 3.05) is 13.7 Å². The van der Waals surface area contributed by atoms with Gasteiger partial charge in [-0.3, -0.25) is 4.79 Å². The third-order valence-electron chi connectivity index (χ3n) is 2.55. The van der Waals surface area contributed by atoms with Gasteiger partial charge in [0.05, 0.1) is 12.5 Å². The van der Waals surface area contributed by atoms with Gasteiger partial charge < -0.3 is 9.84 Å². The van der Waals surface area contributed by atoms with Crippen molar-refractivity contribution in [2.45, 2.75) is 46.0 Å². The Morgan fingerprint density at radius 1 is 1.20 bits per heavy atom. The second kappa shape index (κ2) is 8.72. The van der Waals surface area contributed by atoms with E-state index in [0.717, 1.165) is 25.2 Å². The van der Waals surface area contributed by atoms with Crippen LogP contribution in [0.3, 0.4) is 0 Å². The lowest BCUT2D eigenvalue weighted by molar-refractivity contribution is -0.143. The number of ether oxygens (including phenoxy) is 1. The van der Waals surface area contributed by atoms with Gasteiger partial charge in [-0.15, -0.1) is 0 Å². The molecular formula is C12H24O3. The van der Waals surface area contributed by atoms with Gasteiger partial charge in [-0.2, -0.15) is 0 Å². The highest BCUT2D eigenvalue weighted by Gasteiger charge is 2.16. The lowest BCUT2D eigenvalue weighted by Gasteiger charge is -2.10. The van der Waals surface area contributed by atoms with Crippen LogP contribution < -0.4 is 0 Å². The summed E-state index contributed by atoms with van der Waals surface area (Å²) in [4.78, 5) is 10.8. The molecule has 1 N–H and O–H groups in total. The molecule has 1 atom stereocenters. The first-order valence-corrected chi connectivity index (χ1v) is 5.79. The van der Waals surface area contributed by atoms with E-state index < -0.39 is 5.97 Å². The molecular weight excluding hydrogens is 192 g/mol. The van der Waals surface area contributed by atoms with Crippen LogP contribution in [0.15, 0.2) is 0 Å². The molecule has 0 bridgehead atoms. The number of hydrogen-bond acceptors (Lipinski definition) is 2. The number of methoxy groups -OCH3 is 1. The van der Waals surface area contributed by atoms with Crippen molar-refractivity contribution in [3.05, 3.63) is 0 Å². The van der Waals surface area contributed by atoms with Crippen molar-refractivity contribution >= 4 is 5.97 Å². The smallest absolute Gasteiger partial charge is 0.308 e. The molecule has 0 spiro atoms. The van der Waals surface area contributed by atoms with Crippen LogP contribution in [-0.2, 0) is 9.53 Å². The quantitative estimate of drug-likeness (QED) is 0.603. The maximum absolute atomic E-state index is 10.8. The Morgan fingerprint density at radius 3 is 2.27 bits per heavy atom. The van der Waals surface area contributed by atoms with E-state index in [1.807, 2.05) is 0 Å². The van der Waals surface area contributed by atoms with E-state index in [0.29, 0.717) is 6.61 Å². The first-order valence-electron chi connectivity index (χ1n) is 5.79. The van der Waals surface area contributed by atoms with Gasteiger partial charge in [0.25, 0.3) is 0 Å². The Bertz CT molecular complexity index is 166. The van der Waals surface area contributed by atoms with Gasteiger partial charge in [-0.25, -0.2) is 0 Å². The molecule has 0 aromatic heterocycles. The maximum Gasteiger partial charge on any atom is 0.308 e. The molecule has 0 saturated carbocycles. The Morgan fingerprint density at radius 2 is 1.80 bits per heavy atom. The van der Waals surface area contributed by atoms with E-state index >= 15 is 0 Å². The monoisotopic (exact) mass is 216 g/mol. The van der Waals surface area contributed by atoms with Crippen LogP contribution >= 0.6 is 0 Å². The van der Waals surface area contributed by atoms with Crippen molar-refractivity contribution in [1.82, 2.24) is 0 Å². The van der Waals surface area contributed by atoms with Crippen molar-refractivity contribution in [3.63, 3.8) is 0 Å². The molecule has 0 fully saturated rings. The topological polar surface area (TPSA) is 46.5 Å². The van der Waals surface area contributed by atoms with Gasteiger partial charge >= 0.3 is 5.97 Å². The summed E-state index contributed by atoms with van der Waals surface area (Å²) >= 11 is 0. The standard InChI is InChI=1S/C12H24O3/c1-10(2)7-5-4-6-8-11(9-15-3)12(13)14/h10-11H,4-9H2,1-3H3,(H,13,14).